The van der Waals surface area contributed by atoms with E-state index < -0.39 is 0 Å². The molecule has 0 saturated carbocycles. The molecule has 1 saturated heterocycles. The molecule has 0 aliphatic carbocycles. The third-order valence-electron chi connectivity index (χ3n) is 3.40. The molecule has 0 bridgehead atoms. The molecule has 0 radical (unpaired) electrons. The first kappa shape index (κ1) is 14.1. The molecule has 1 aliphatic heterocycles. The van der Waals surface area contributed by atoms with E-state index in [1.54, 1.807) is 0 Å². The van der Waals surface area contributed by atoms with E-state index >= 15 is 0 Å². The topological polar surface area (TPSA) is 44.3 Å². The van der Waals surface area contributed by atoms with Crippen molar-refractivity contribution in [3.63, 3.8) is 0 Å². The summed E-state index contributed by atoms with van der Waals surface area (Å²) in [4.78, 5) is 13.8. The van der Waals surface area contributed by atoms with Gasteiger partial charge in [-0.1, -0.05) is 13.8 Å². The molecule has 0 atom stereocenters. The van der Waals surface area contributed by atoms with Gasteiger partial charge in [0.25, 0.3) is 0 Å². The molecule has 2 heterocycles. The summed E-state index contributed by atoms with van der Waals surface area (Å²) < 4.78 is 0. The van der Waals surface area contributed by atoms with E-state index in [-0.39, 0.29) is 0 Å². The van der Waals surface area contributed by atoms with Crippen molar-refractivity contribution in [1.82, 2.24) is 14.9 Å². The van der Waals surface area contributed by atoms with Gasteiger partial charge < -0.3 is 10.2 Å². The lowest BCUT2D eigenvalue weighted by Crippen LogP contribution is -2.47. The number of nitrogens with zero attached hydrogens (tertiary/aromatic N) is 4. The monoisotopic (exact) mass is 263 g/mol. The molecule has 0 aromatic carbocycles. The highest BCUT2D eigenvalue weighted by molar-refractivity contribution is 5.49. The van der Waals surface area contributed by atoms with E-state index in [1.165, 1.54) is 6.54 Å². The second-order valence-corrected chi connectivity index (χ2v) is 5.59. The van der Waals surface area contributed by atoms with Crippen molar-refractivity contribution in [3.05, 3.63) is 11.9 Å². The number of piperazine rings is 1. The smallest absolute Gasteiger partial charge is 0.134 e. The van der Waals surface area contributed by atoms with Crippen molar-refractivity contribution < 1.29 is 0 Å². The molecule has 1 fully saturated rings. The summed E-state index contributed by atoms with van der Waals surface area (Å²) in [5.74, 6) is 3.50. The van der Waals surface area contributed by atoms with E-state index in [0.29, 0.717) is 0 Å². The van der Waals surface area contributed by atoms with Crippen molar-refractivity contribution in [2.45, 2.75) is 20.8 Å². The Bertz CT molecular complexity index is 410. The van der Waals surface area contributed by atoms with Crippen LogP contribution in [-0.4, -0.2) is 54.6 Å². The number of aromatic nitrogens is 2. The zero-order valence-electron chi connectivity index (χ0n) is 12.5. The number of aryl methyl sites for hydroxylation is 1. The highest BCUT2D eigenvalue weighted by Crippen LogP contribution is 2.17. The van der Waals surface area contributed by atoms with Gasteiger partial charge in [-0.25, -0.2) is 9.97 Å². The summed E-state index contributed by atoms with van der Waals surface area (Å²) in [5.41, 5.74) is 0. The Labute approximate surface area is 116 Å². The molecule has 0 spiro atoms. The second kappa shape index (κ2) is 6.19. The summed E-state index contributed by atoms with van der Waals surface area (Å²) >= 11 is 0. The fraction of sp³-hybridized carbons (Fsp3) is 0.714. The summed E-state index contributed by atoms with van der Waals surface area (Å²) in [7, 11) is 1.89. The Morgan fingerprint density at radius 3 is 2.47 bits per heavy atom. The molecular formula is C14H25N5. The Balaban J connectivity index is 1.99. The van der Waals surface area contributed by atoms with Crippen molar-refractivity contribution in [2.75, 3.05) is 50.0 Å². The minimum absolute atomic E-state index is 0.740. The number of nitrogens with one attached hydrogen (secondary N) is 1. The molecule has 2 rings (SSSR count). The fourth-order valence-electron chi connectivity index (χ4n) is 2.52. The average Bonchev–Trinajstić information content (AvgIpc) is 2.38. The van der Waals surface area contributed by atoms with Crippen LogP contribution in [0.5, 0.6) is 0 Å². The molecule has 1 aromatic heterocycles. The Morgan fingerprint density at radius 2 is 1.89 bits per heavy atom. The lowest BCUT2D eigenvalue weighted by molar-refractivity contribution is 0.231. The van der Waals surface area contributed by atoms with Gasteiger partial charge in [0.15, 0.2) is 0 Å². The van der Waals surface area contributed by atoms with Crippen molar-refractivity contribution in [1.29, 1.82) is 0 Å². The zero-order chi connectivity index (χ0) is 13.8. The van der Waals surface area contributed by atoms with E-state index in [2.05, 4.69) is 38.9 Å². The summed E-state index contributed by atoms with van der Waals surface area (Å²) in [5, 5.41) is 3.09. The highest BCUT2D eigenvalue weighted by Gasteiger charge is 2.19. The quantitative estimate of drug-likeness (QED) is 0.894. The largest absolute Gasteiger partial charge is 0.373 e. The first-order chi connectivity index (χ1) is 9.08. The third kappa shape index (κ3) is 3.80. The Hall–Kier alpha value is -1.36. The van der Waals surface area contributed by atoms with Gasteiger partial charge in [0.1, 0.15) is 17.5 Å². The molecule has 0 unspecified atom stereocenters. The molecule has 5 heteroatoms. The van der Waals surface area contributed by atoms with E-state index in [4.69, 9.17) is 0 Å². The van der Waals surface area contributed by atoms with Crippen LogP contribution in [0.3, 0.4) is 0 Å². The highest BCUT2D eigenvalue weighted by atomic mass is 15.3. The van der Waals surface area contributed by atoms with Crippen LogP contribution in [0.4, 0.5) is 11.6 Å². The molecule has 1 N–H and O–H groups in total. The molecule has 19 heavy (non-hydrogen) atoms. The minimum Gasteiger partial charge on any atom is -0.373 e. The predicted molar refractivity (Wildman–Crippen MR) is 79.8 cm³/mol. The van der Waals surface area contributed by atoms with Gasteiger partial charge in [-0.2, -0.15) is 0 Å². The minimum atomic E-state index is 0.740. The van der Waals surface area contributed by atoms with E-state index in [0.717, 1.165) is 49.6 Å². The summed E-state index contributed by atoms with van der Waals surface area (Å²) in [6, 6.07) is 2.03. The number of rotatable bonds is 4. The Morgan fingerprint density at radius 1 is 1.21 bits per heavy atom. The molecule has 5 nitrogen and oxygen atoms in total. The maximum Gasteiger partial charge on any atom is 0.134 e. The van der Waals surface area contributed by atoms with E-state index in [1.807, 2.05) is 20.0 Å². The lowest BCUT2D eigenvalue weighted by Gasteiger charge is -2.36. The number of hydrogen-bond acceptors (Lipinski definition) is 5. The standard InChI is InChI=1S/C14H25N5/c1-11(2)10-18-5-7-19(8-6-18)14-9-13(15-4)16-12(3)17-14/h9,11H,5-8,10H2,1-4H3,(H,15,16,17). The lowest BCUT2D eigenvalue weighted by atomic mass is 10.2. The second-order valence-electron chi connectivity index (χ2n) is 5.59. The maximum absolute atomic E-state index is 4.55. The normalized spacial score (nSPS) is 17.0. The molecule has 106 valence electrons. The Kier molecular flexibility index (Phi) is 4.58. The van der Waals surface area contributed by atoms with Crippen LogP contribution < -0.4 is 10.2 Å². The van der Waals surface area contributed by atoms with Crippen molar-refractivity contribution in [2.24, 2.45) is 5.92 Å². The van der Waals surface area contributed by atoms with Crippen molar-refractivity contribution in [3.8, 4) is 0 Å². The molecule has 1 aliphatic rings. The van der Waals surface area contributed by atoms with Crippen LogP contribution in [0.1, 0.15) is 19.7 Å². The summed E-state index contributed by atoms with van der Waals surface area (Å²) in [6.07, 6.45) is 0. The van der Waals surface area contributed by atoms with Gasteiger partial charge in [0.2, 0.25) is 0 Å². The van der Waals surface area contributed by atoms with Crippen LogP contribution in [-0.2, 0) is 0 Å². The van der Waals surface area contributed by atoms with Crippen LogP contribution >= 0.6 is 0 Å². The molecule has 1 aromatic rings. The zero-order valence-corrected chi connectivity index (χ0v) is 12.5. The number of hydrogen-bond donors (Lipinski definition) is 1. The summed E-state index contributed by atoms with van der Waals surface area (Å²) in [6.45, 7) is 12.0. The van der Waals surface area contributed by atoms with Gasteiger partial charge in [0.05, 0.1) is 0 Å². The van der Waals surface area contributed by atoms with Crippen molar-refractivity contribution >= 4 is 11.6 Å². The van der Waals surface area contributed by atoms with Crippen LogP contribution in [0.15, 0.2) is 6.07 Å². The molecular weight excluding hydrogens is 238 g/mol. The van der Waals surface area contributed by atoms with Gasteiger partial charge in [-0.3, -0.25) is 4.90 Å². The SMILES string of the molecule is CNc1cc(N2CCN(CC(C)C)CC2)nc(C)n1. The van der Waals surface area contributed by atoms with Crippen LogP contribution in [0.25, 0.3) is 0 Å². The predicted octanol–water partition coefficient (Wildman–Crippen LogP) is 1.60. The van der Waals surface area contributed by atoms with Gasteiger partial charge in [-0.05, 0) is 12.8 Å². The van der Waals surface area contributed by atoms with E-state index in [9.17, 15) is 0 Å². The first-order valence-electron chi connectivity index (χ1n) is 7.09. The first-order valence-corrected chi connectivity index (χ1v) is 7.09. The van der Waals surface area contributed by atoms with Gasteiger partial charge >= 0.3 is 0 Å². The fourth-order valence-corrected chi connectivity index (χ4v) is 2.52. The third-order valence-corrected chi connectivity index (χ3v) is 3.40. The number of anilines is 2. The van der Waals surface area contributed by atoms with Crippen LogP contribution in [0.2, 0.25) is 0 Å². The van der Waals surface area contributed by atoms with Gasteiger partial charge in [0, 0.05) is 45.8 Å². The maximum atomic E-state index is 4.55. The van der Waals surface area contributed by atoms with Crippen LogP contribution in [0, 0.1) is 12.8 Å². The van der Waals surface area contributed by atoms with Gasteiger partial charge in [-0.15, -0.1) is 0 Å². The average molecular weight is 263 g/mol. The molecule has 0 amide bonds.